The second-order valence-corrected chi connectivity index (χ2v) is 9.97. The van der Waals surface area contributed by atoms with Gasteiger partial charge in [0.25, 0.3) is 5.91 Å². The number of aryl methyl sites for hydroxylation is 2. The van der Waals surface area contributed by atoms with Gasteiger partial charge in [-0.25, -0.2) is 0 Å². The Kier molecular flexibility index (Phi) is 12.7. The molecule has 0 aliphatic rings. The van der Waals surface area contributed by atoms with Crippen LogP contribution in [0.1, 0.15) is 55.5 Å². The van der Waals surface area contributed by atoms with Crippen molar-refractivity contribution in [2.45, 2.75) is 72.0 Å². The lowest BCUT2D eigenvalue weighted by atomic mass is 10.1. The predicted molar refractivity (Wildman–Crippen MR) is 161 cm³/mol. The number of amides is 2. The van der Waals surface area contributed by atoms with Crippen LogP contribution in [0.2, 0.25) is 0 Å². The van der Waals surface area contributed by atoms with Crippen LogP contribution < -0.4 is 15.4 Å². The van der Waals surface area contributed by atoms with Crippen molar-refractivity contribution in [3.8, 4) is 5.75 Å². The van der Waals surface area contributed by atoms with Gasteiger partial charge in [0.15, 0.2) is 6.10 Å². The van der Waals surface area contributed by atoms with Gasteiger partial charge in [-0.2, -0.15) is 0 Å². The van der Waals surface area contributed by atoms with Crippen LogP contribution in [0.25, 0.3) is 0 Å². The van der Waals surface area contributed by atoms with Crippen molar-refractivity contribution in [2.75, 3.05) is 19.7 Å². The maximum absolute atomic E-state index is 12.8. The van der Waals surface area contributed by atoms with Gasteiger partial charge in [-0.3, -0.25) is 9.59 Å². The van der Waals surface area contributed by atoms with Gasteiger partial charge in [0, 0.05) is 26.1 Å². The van der Waals surface area contributed by atoms with E-state index >= 15 is 0 Å². The van der Waals surface area contributed by atoms with Gasteiger partial charge >= 0.3 is 0 Å². The molecule has 3 aromatic rings. The van der Waals surface area contributed by atoms with Crippen LogP contribution in [0.3, 0.4) is 0 Å². The van der Waals surface area contributed by atoms with Crippen LogP contribution in [-0.4, -0.2) is 43.7 Å². The van der Waals surface area contributed by atoms with Crippen molar-refractivity contribution in [2.24, 2.45) is 0 Å². The minimum atomic E-state index is -0.617. The second-order valence-electron chi connectivity index (χ2n) is 9.97. The average Bonchev–Trinajstić information content (AvgIpc) is 2.98. The van der Waals surface area contributed by atoms with E-state index < -0.39 is 12.2 Å². The van der Waals surface area contributed by atoms with E-state index in [2.05, 4.69) is 73.0 Å². The van der Waals surface area contributed by atoms with E-state index in [9.17, 15) is 9.59 Å². The second kappa shape index (κ2) is 16.5. The van der Waals surface area contributed by atoms with Crippen molar-refractivity contribution in [1.82, 2.24) is 10.6 Å². The highest BCUT2D eigenvalue weighted by Crippen LogP contribution is 2.16. The van der Waals surface area contributed by atoms with E-state index in [1.165, 1.54) is 22.3 Å². The number of hydrogen-bond donors (Lipinski definition) is 2. The summed E-state index contributed by atoms with van der Waals surface area (Å²) in [6.07, 6.45) is 2.86. The first kappa shape index (κ1) is 30.9. The number of hydrogen-bond acceptors (Lipinski definition) is 4. The summed E-state index contributed by atoms with van der Waals surface area (Å²) in [6, 6.07) is 24.5. The predicted octanol–water partition coefficient (Wildman–Crippen LogP) is 5.24. The summed E-state index contributed by atoms with van der Waals surface area (Å²) in [5.74, 6) is 0.343. The fourth-order valence-corrected chi connectivity index (χ4v) is 4.41. The molecule has 3 rings (SSSR count). The maximum atomic E-state index is 12.8. The van der Waals surface area contributed by atoms with Crippen molar-refractivity contribution in [3.63, 3.8) is 0 Å². The third kappa shape index (κ3) is 10.2. The van der Waals surface area contributed by atoms with Crippen LogP contribution in [0.4, 0.5) is 0 Å². The third-order valence-corrected chi connectivity index (χ3v) is 6.98. The SMILES string of the molecule is CCO[C@@H](Cc1ccc(O[C@H](C)C(=O)NCCc2ccc(CC)cc2)cc1)C(=O)NCCc1ccc(CC)cc1. The molecule has 2 atom stereocenters. The number of carbonyl (C=O) groups excluding carboxylic acids is 2. The number of nitrogens with one attached hydrogen (secondary N) is 2. The number of ether oxygens (including phenoxy) is 2. The zero-order valence-corrected chi connectivity index (χ0v) is 24.4. The first-order valence-corrected chi connectivity index (χ1v) is 14.5. The summed E-state index contributed by atoms with van der Waals surface area (Å²) >= 11 is 0. The molecule has 2 amide bonds. The first-order valence-electron chi connectivity index (χ1n) is 14.5. The minimum Gasteiger partial charge on any atom is -0.481 e. The van der Waals surface area contributed by atoms with Crippen LogP contribution in [0.15, 0.2) is 72.8 Å². The molecule has 0 saturated carbocycles. The molecule has 0 aliphatic heterocycles. The normalized spacial score (nSPS) is 12.4. The molecule has 0 bridgehead atoms. The molecule has 40 heavy (non-hydrogen) atoms. The van der Waals surface area contributed by atoms with E-state index in [1.54, 1.807) is 6.92 Å². The fourth-order valence-electron chi connectivity index (χ4n) is 4.41. The molecule has 0 saturated heterocycles. The quantitative estimate of drug-likeness (QED) is 0.259. The molecule has 0 heterocycles. The molecule has 0 aliphatic carbocycles. The molecule has 214 valence electrons. The van der Waals surface area contributed by atoms with Crippen LogP contribution in [-0.2, 0) is 46.4 Å². The fraction of sp³-hybridized carbons (Fsp3) is 0.412. The Balaban J connectivity index is 1.42. The molecule has 0 aromatic heterocycles. The molecule has 0 radical (unpaired) electrons. The number of benzene rings is 3. The number of rotatable bonds is 16. The van der Waals surface area contributed by atoms with Crippen molar-refractivity contribution >= 4 is 11.8 Å². The Bertz CT molecular complexity index is 1170. The van der Waals surface area contributed by atoms with Crippen LogP contribution in [0, 0.1) is 0 Å². The van der Waals surface area contributed by atoms with Gasteiger partial charge in [0.1, 0.15) is 11.9 Å². The lowest BCUT2D eigenvalue weighted by Gasteiger charge is -2.18. The molecule has 0 fully saturated rings. The topological polar surface area (TPSA) is 76.7 Å². The largest absolute Gasteiger partial charge is 0.481 e. The number of carbonyl (C=O) groups is 2. The Labute approximate surface area is 239 Å². The van der Waals surface area contributed by atoms with E-state index in [4.69, 9.17) is 9.47 Å². The Hall–Kier alpha value is -3.64. The lowest BCUT2D eigenvalue weighted by molar-refractivity contribution is -0.132. The highest BCUT2D eigenvalue weighted by atomic mass is 16.5. The first-order chi connectivity index (χ1) is 19.4. The van der Waals surface area contributed by atoms with Crippen molar-refractivity contribution in [1.29, 1.82) is 0 Å². The maximum Gasteiger partial charge on any atom is 0.260 e. The molecular weight excluding hydrogens is 500 g/mol. The van der Waals surface area contributed by atoms with Gasteiger partial charge < -0.3 is 20.1 Å². The van der Waals surface area contributed by atoms with Gasteiger partial charge in [-0.05, 0) is 79.5 Å². The Morgan fingerprint density at radius 1 is 0.650 bits per heavy atom. The van der Waals surface area contributed by atoms with E-state index in [1.807, 2.05) is 31.2 Å². The molecule has 3 aromatic carbocycles. The lowest BCUT2D eigenvalue weighted by Crippen LogP contribution is -2.39. The van der Waals surface area contributed by atoms with Gasteiger partial charge in [-0.1, -0.05) is 74.5 Å². The highest BCUT2D eigenvalue weighted by molar-refractivity contribution is 5.81. The zero-order valence-electron chi connectivity index (χ0n) is 24.4. The van der Waals surface area contributed by atoms with Crippen molar-refractivity contribution < 1.29 is 19.1 Å². The van der Waals surface area contributed by atoms with Crippen LogP contribution in [0.5, 0.6) is 5.75 Å². The highest BCUT2D eigenvalue weighted by Gasteiger charge is 2.19. The molecule has 2 N–H and O–H groups in total. The summed E-state index contributed by atoms with van der Waals surface area (Å²) in [7, 11) is 0. The Morgan fingerprint density at radius 2 is 1.10 bits per heavy atom. The Morgan fingerprint density at radius 3 is 1.57 bits per heavy atom. The molecular formula is C34H44N2O4. The molecule has 6 nitrogen and oxygen atoms in total. The summed E-state index contributed by atoms with van der Waals surface area (Å²) in [5, 5.41) is 5.96. The third-order valence-electron chi connectivity index (χ3n) is 6.98. The van der Waals surface area contributed by atoms with Gasteiger partial charge in [0.05, 0.1) is 0 Å². The minimum absolute atomic E-state index is 0.112. The monoisotopic (exact) mass is 544 g/mol. The van der Waals surface area contributed by atoms with Gasteiger partial charge in [0.2, 0.25) is 5.91 Å². The summed E-state index contributed by atoms with van der Waals surface area (Å²) in [5.41, 5.74) is 5.97. The summed E-state index contributed by atoms with van der Waals surface area (Å²) in [4.78, 5) is 25.3. The van der Waals surface area contributed by atoms with E-state index in [0.717, 1.165) is 31.2 Å². The van der Waals surface area contributed by atoms with E-state index in [0.29, 0.717) is 31.9 Å². The molecule has 0 spiro atoms. The smallest absolute Gasteiger partial charge is 0.260 e. The molecule has 0 unspecified atom stereocenters. The molecule has 6 heteroatoms. The standard InChI is InChI=1S/C34H44N2O4/c1-5-26-8-12-28(13-9-26)20-22-35-33(37)25(4)40-31-18-16-30(17-19-31)24-32(39-7-3)34(38)36-23-21-29-14-10-27(6-2)11-15-29/h8-19,25,32H,5-7,20-24H2,1-4H3,(H,35,37)(H,36,38)/t25-,32+/m1/s1. The van der Waals surface area contributed by atoms with Crippen molar-refractivity contribution in [3.05, 3.63) is 101 Å². The zero-order chi connectivity index (χ0) is 28.7. The van der Waals surface area contributed by atoms with E-state index in [-0.39, 0.29) is 11.8 Å². The van der Waals surface area contributed by atoms with Gasteiger partial charge in [-0.15, -0.1) is 0 Å². The summed E-state index contributed by atoms with van der Waals surface area (Å²) < 4.78 is 11.6. The summed E-state index contributed by atoms with van der Waals surface area (Å²) in [6.45, 7) is 9.48. The van der Waals surface area contributed by atoms with Crippen LogP contribution >= 0.6 is 0 Å². The average molecular weight is 545 g/mol.